The molecule has 1 atom stereocenters. The number of halogens is 3. The van der Waals surface area contributed by atoms with Crippen LogP contribution in [0.2, 0.25) is 0 Å². The maximum absolute atomic E-state index is 13.7. The largest absolute Gasteiger partial charge is 0.508 e. The van der Waals surface area contributed by atoms with Crippen LogP contribution in [0.25, 0.3) is 0 Å². The van der Waals surface area contributed by atoms with E-state index in [-0.39, 0.29) is 67.0 Å². The van der Waals surface area contributed by atoms with Gasteiger partial charge in [0.1, 0.15) is 28.7 Å². The lowest BCUT2D eigenvalue weighted by molar-refractivity contribution is -0.139. The zero-order valence-electron chi connectivity index (χ0n) is 30.1. The Balaban J connectivity index is 1.04. The van der Waals surface area contributed by atoms with Gasteiger partial charge in [0, 0.05) is 66.4 Å². The molecule has 4 N–H and O–H groups in total. The number of benzene rings is 4. The van der Waals surface area contributed by atoms with Crippen molar-refractivity contribution in [3.63, 3.8) is 0 Å². The number of nitrogens with zero attached hydrogens (tertiary/aromatic N) is 1. The van der Waals surface area contributed by atoms with Gasteiger partial charge < -0.3 is 35.1 Å². The minimum atomic E-state index is -4.77. The second kappa shape index (κ2) is 16.4. The quantitative estimate of drug-likeness (QED) is 0.0450. The van der Waals surface area contributed by atoms with Gasteiger partial charge in [-0.15, -0.1) is 12.3 Å². The fraction of sp³-hybridized carbons (Fsp3) is 0.262. The maximum Gasteiger partial charge on any atom is 0.419 e. The molecule has 2 aliphatic rings. The van der Waals surface area contributed by atoms with E-state index in [4.69, 9.17) is 20.6 Å². The number of carbonyl (C=O) groups is 4. The Labute approximate surface area is 324 Å². The first-order chi connectivity index (χ1) is 27.2. The number of phenols is 2. The van der Waals surface area contributed by atoms with E-state index < -0.39 is 46.7 Å². The second-order valence-corrected chi connectivity index (χ2v) is 13.3. The average molecular weight is 782 g/mol. The molecule has 4 aromatic rings. The molecule has 0 radical (unpaired) electrons. The van der Waals surface area contributed by atoms with E-state index in [1.807, 2.05) is 0 Å². The summed E-state index contributed by atoms with van der Waals surface area (Å²) in [5.74, 6) is -2.31. The number of ketones is 1. The number of hydrogen-bond acceptors (Lipinski definition) is 10. The first kappa shape index (κ1) is 39.7. The molecule has 2 aliphatic heterocycles. The first-order valence-electron chi connectivity index (χ1n) is 17.7. The minimum Gasteiger partial charge on any atom is -0.508 e. The Morgan fingerprint density at radius 2 is 1.60 bits per heavy atom. The number of nitriles is 1. The summed E-state index contributed by atoms with van der Waals surface area (Å²) in [6.07, 6.45) is 1.40. The Morgan fingerprint density at radius 1 is 0.895 bits per heavy atom. The van der Waals surface area contributed by atoms with Gasteiger partial charge in [-0.1, -0.05) is 6.07 Å². The van der Waals surface area contributed by atoms with Crippen molar-refractivity contribution < 1.29 is 56.8 Å². The fourth-order valence-electron chi connectivity index (χ4n) is 6.68. The minimum absolute atomic E-state index is 0.0226. The molecule has 6 rings (SSSR count). The van der Waals surface area contributed by atoms with Gasteiger partial charge in [0.05, 0.1) is 23.8 Å². The zero-order valence-corrected chi connectivity index (χ0v) is 30.1. The number of alkyl halides is 3. The Hall–Kier alpha value is -7.00. The lowest BCUT2D eigenvalue weighted by Crippen LogP contribution is -2.33. The molecule has 0 bridgehead atoms. The van der Waals surface area contributed by atoms with Crippen molar-refractivity contribution in [1.29, 1.82) is 5.26 Å². The van der Waals surface area contributed by atoms with E-state index in [0.717, 1.165) is 18.2 Å². The van der Waals surface area contributed by atoms with Crippen LogP contribution in [-0.4, -0.2) is 40.4 Å². The number of amides is 2. The molecular formula is C42H34F3N3O9. The summed E-state index contributed by atoms with van der Waals surface area (Å²) < 4.78 is 58.7. The average Bonchev–Trinajstić information content (AvgIpc) is 3.45. The standard InChI is InChI=1S/C42H34F3N3O9/c1-2-3-7-34(51)29(22-46)39(53)48-25-10-14-32(42(43,44)45)35(19-25)55-17-6-4-5-8-38(52)47-23-24-9-13-28-33(18-24)41(57-40(28)54)30-15-11-26(49)20-36(30)56-37-21-27(50)12-16-31(37)41/h1,9-16,18-21,29,49-50H,3-8,17,23H2,(H,47,52)(H,48,53). The van der Waals surface area contributed by atoms with Crippen LogP contribution in [0.3, 0.4) is 0 Å². The SMILES string of the molecule is C#CCCC(=O)C(C#N)C(=O)Nc1ccc(C(F)(F)F)c(OCCCCCC(=O)NCc2ccc3c(c2)C2(OC3=O)c3ccc(O)cc3Oc3cc(O)ccc32)c1. The van der Waals surface area contributed by atoms with Crippen LogP contribution >= 0.6 is 0 Å². The van der Waals surface area contributed by atoms with Gasteiger partial charge >= 0.3 is 12.1 Å². The van der Waals surface area contributed by atoms with Crippen LogP contribution < -0.4 is 20.1 Å². The van der Waals surface area contributed by atoms with Crippen molar-refractivity contribution >= 4 is 29.3 Å². The Bertz CT molecular complexity index is 2290. The van der Waals surface area contributed by atoms with E-state index in [2.05, 4.69) is 16.6 Å². The van der Waals surface area contributed by atoms with Crippen molar-refractivity contribution in [3.05, 3.63) is 106 Å². The third kappa shape index (κ3) is 8.33. The van der Waals surface area contributed by atoms with E-state index >= 15 is 0 Å². The molecule has 2 heterocycles. The van der Waals surface area contributed by atoms with E-state index in [1.54, 1.807) is 36.4 Å². The third-order valence-electron chi connectivity index (χ3n) is 9.42. The summed E-state index contributed by atoms with van der Waals surface area (Å²) in [4.78, 5) is 50.7. The van der Waals surface area contributed by atoms with Crippen molar-refractivity contribution in [3.8, 4) is 47.2 Å². The highest BCUT2D eigenvalue weighted by molar-refractivity contribution is 6.09. The van der Waals surface area contributed by atoms with Gasteiger partial charge in [-0.25, -0.2) is 4.79 Å². The summed E-state index contributed by atoms with van der Waals surface area (Å²) >= 11 is 0. The summed E-state index contributed by atoms with van der Waals surface area (Å²) in [5.41, 5.74) is -0.304. The number of ether oxygens (including phenoxy) is 3. The van der Waals surface area contributed by atoms with Gasteiger partial charge in [0.25, 0.3) is 0 Å². The topological polar surface area (TPSA) is 184 Å². The summed E-state index contributed by atoms with van der Waals surface area (Å²) in [6.45, 7) is -0.0379. The number of nitrogens with one attached hydrogen (secondary N) is 2. The molecule has 12 nitrogen and oxygen atoms in total. The smallest absolute Gasteiger partial charge is 0.419 e. The van der Waals surface area contributed by atoms with Crippen molar-refractivity contribution in [2.75, 3.05) is 11.9 Å². The molecule has 1 unspecified atom stereocenters. The first-order valence-corrected chi connectivity index (χ1v) is 17.7. The molecule has 57 heavy (non-hydrogen) atoms. The third-order valence-corrected chi connectivity index (χ3v) is 9.42. The van der Waals surface area contributed by atoms with Crippen molar-refractivity contribution in [1.82, 2.24) is 5.32 Å². The molecule has 0 aliphatic carbocycles. The molecule has 1 spiro atoms. The number of carbonyl (C=O) groups excluding carboxylic acids is 4. The molecule has 0 saturated carbocycles. The number of hydrogen-bond donors (Lipinski definition) is 4. The maximum atomic E-state index is 13.7. The second-order valence-electron chi connectivity index (χ2n) is 13.3. The van der Waals surface area contributed by atoms with Crippen LogP contribution in [0.15, 0.2) is 72.8 Å². The number of phenolic OH excluding ortho intramolecular Hbond substituents is 2. The monoisotopic (exact) mass is 781 g/mol. The van der Waals surface area contributed by atoms with E-state index in [9.17, 15) is 47.8 Å². The number of terminal acetylenes is 1. The number of aromatic hydroxyl groups is 2. The highest BCUT2D eigenvalue weighted by atomic mass is 19.4. The van der Waals surface area contributed by atoms with Crippen molar-refractivity contribution in [2.24, 2.45) is 5.92 Å². The van der Waals surface area contributed by atoms with Gasteiger partial charge in [-0.05, 0) is 73.4 Å². The fourth-order valence-corrected chi connectivity index (χ4v) is 6.68. The van der Waals surface area contributed by atoms with Gasteiger partial charge in [0.2, 0.25) is 11.8 Å². The molecule has 0 fully saturated rings. The Kier molecular flexibility index (Phi) is 11.4. The zero-order chi connectivity index (χ0) is 40.9. The van der Waals surface area contributed by atoms with E-state index in [0.29, 0.717) is 47.1 Å². The summed E-state index contributed by atoms with van der Waals surface area (Å²) in [7, 11) is 0. The lowest BCUT2D eigenvalue weighted by Gasteiger charge is -2.36. The number of unbranched alkanes of at least 4 members (excludes halogenated alkanes) is 2. The van der Waals surface area contributed by atoms with Crippen molar-refractivity contribution in [2.45, 2.75) is 56.8 Å². The molecule has 4 aromatic carbocycles. The molecule has 292 valence electrons. The summed E-state index contributed by atoms with van der Waals surface area (Å²) in [6, 6.07) is 18.1. The predicted octanol–water partition coefficient (Wildman–Crippen LogP) is 7.00. The van der Waals surface area contributed by atoms with Crippen LogP contribution in [0.5, 0.6) is 28.7 Å². The lowest BCUT2D eigenvalue weighted by atomic mass is 9.77. The van der Waals surface area contributed by atoms with Crippen LogP contribution in [0.1, 0.15) is 76.7 Å². The number of Topliss-reactive ketones (excluding diaryl/α,β-unsaturated/α-hetero) is 1. The number of rotatable bonds is 14. The molecule has 2 amide bonds. The van der Waals surface area contributed by atoms with Gasteiger partial charge in [-0.2, -0.15) is 18.4 Å². The summed E-state index contributed by atoms with van der Waals surface area (Å²) in [5, 5.41) is 34.7. The highest BCUT2D eigenvalue weighted by Gasteiger charge is 2.53. The van der Waals surface area contributed by atoms with Crippen LogP contribution in [0.4, 0.5) is 18.9 Å². The van der Waals surface area contributed by atoms with Gasteiger partial charge in [0.15, 0.2) is 17.3 Å². The molecular weight excluding hydrogens is 747 g/mol. The number of esters is 1. The number of anilines is 1. The van der Waals surface area contributed by atoms with Crippen LogP contribution in [-0.2, 0) is 37.4 Å². The number of fused-ring (bicyclic) bond motifs is 6. The molecule has 15 heteroatoms. The van der Waals surface area contributed by atoms with E-state index in [1.165, 1.54) is 24.3 Å². The molecule has 0 aromatic heterocycles. The predicted molar refractivity (Wildman–Crippen MR) is 196 cm³/mol. The highest BCUT2D eigenvalue weighted by Crippen LogP contribution is 2.57. The normalized spacial score (nSPS) is 13.7. The van der Waals surface area contributed by atoms with Crippen LogP contribution in [0, 0.1) is 29.6 Å². The Morgan fingerprint density at radius 3 is 2.25 bits per heavy atom. The molecule has 0 saturated heterocycles. The van der Waals surface area contributed by atoms with Gasteiger partial charge in [-0.3, -0.25) is 14.4 Å².